The van der Waals surface area contributed by atoms with E-state index in [4.69, 9.17) is 0 Å². The van der Waals surface area contributed by atoms with Gasteiger partial charge < -0.3 is 10.4 Å². The molecule has 0 radical (unpaired) electrons. The van der Waals surface area contributed by atoms with E-state index < -0.39 is 11.7 Å². The standard InChI is InChI=1S/C11H12FNO2/c1-6-4-9(12)8(5-10(6)14)11(15)13-7-2-3-7/h4-5,7,14H,2-3H2,1H3,(H,13,15). The molecule has 0 aliphatic heterocycles. The summed E-state index contributed by atoms with van der Waals surface area (Å²) in [5.41, 5.74) is 0.334. The highest BCUT2D eigenvalue weighted by atomic mass is 19.1. The molecule has 4 heteroatoms. The fourth-order valence-electron chi connectivity index (χ4n) is 1.33. The smallest absolute Gasteiger partial charge is 0.254 e. The summed E-state index contributed by atoms with van der Waals surface area (Å²) in [6.45, 7) is 1.58. The summed E-state index contributed by atoms with van der Waals surface area (Å²) in [7, 11) is 0. The van der Waals surface area contributed by atoms with Crippen molar-refractivity contribution in [3.63, 3.8) is 0 Å². The van der Waals surface area contributed by atoms with Gasteiger partial charge in [-0.2, -0.15) is 0 Å². The van der Waals surface area contributed by atoms with Crippen molar-refractivity contribution in [2.24, 2.45) is 0 Å². The monoisotopic (exact) mass is 209 g/mol. The minimum absolute atomic E-state index is 0.0580. The predicted molar refractivity (Wildman–Crippen MR) is 53.3 cm³/mol. The quantitative estimate of drug-likeness (QED) is 0.779. The maximum absolute atomic E-state index is 13.4. The molecule has 1 fully saturated rings. The van der Waals surface area contributed by atoms with Gasteiger partial charge in [-0.15, -0.1) is 0 Å². The minimum atomic E-state index is -0.594. The Kier molecular flexibility index (Phi) is 2.34. The van der Waals surface area contributed by atoms with E-state index in [0.29, 0.717) is 5.56 Å². The number of carbonyl (C=O) groups excluding carboxylic acids is 1. The Hall–Kier alpha value is -1.58. The molecule has 3 nitrogen and oxygen atoms in total. The highest BCUT2D eigenvalue weighted by molar-refractivity contribution is 5.95. The Labute approximate surface area is 86.9 Å². The van der Waals surface area contributed by atoms with Crippen LogP contribution in [0.1, 0.15) is 28.8 Å². The molecule has 0 atom stereocenters. The second-order valence-corrected chi connectivity index (χ2v) is 3.87. The van der Waals surface area contributed by atoms with Crippen LogP contribution in [0.3, 0.4) is 0 Å². The van der Waals surface area contributed by atoms with Crippen molar-refractivity contribution in [3.8, 4) is 5.75 Å². The summed E-state index contributed by atoms with van der Waals surface area (Å²) >= 11 is 0. The van der Waals surface area contributed by atoms with E-state index in [2.05, 4.69) is 5.32 Å². The fraction of sp³-hybridized carbons (Fsp3) is 0.364. The van der Waals surface area contributed by atoms with Crippen LogP contribution >= 0.6 is 0 Å². The van der Waals surface area contributed by atoms with Crippen molar-refractivity contribution < 1.29 is 14.3 Å². The zero-order valence-electron chi connectivity index (χ0n) is 8.38. The molecule has 15 heavy (non-hydrogen) atoms. The van der Waals surface area contributed by atoms with Crippen molar-refractivity contribution in [2.75, 3.05) is 0 Å². The Morgan fingerprint density at radius 3 is 2.80 bits per heavy atom. The third-order valence-corrected chi connectivity index (χ3v) is 2.44. The molecule has 0 spiro atoms. The normalized spacial score (nSPS) is 15.1. The zero-order chi connectivity index (χ0) is 11.0. The molecule has 0 aromatic heterocycles. The molecule has 0 saturated heterocycles. The van der Waals surface area contributed by atoms with Crippen molar-refractivity contribution >= 4 is 5.91 Å². The van der Waals surface area contributed by atoms with Gasteiger partial charge in [-0.05, 0) is 37.5 Å². The summed E-state index contributed by atoms with van der Waals surface area (Å²) in [5, 5.41) is 12.0. The minimum Gasteiger partial charge on any atom is -0.508 e. The van der Waals surface area contributed by atoms with E-state index in [-0.39, 0.29) is 17.4 Å². The van der Waals surface area contributed by atoms with E-state index in [9.17, 15) is 14.3 Å². The van der Waals surface area contributed by atoms with E-state index >= 15 is 0 Å². The molecule has 0 bridgehead atoms. The second kappa shape index (κ2) is 3.53. The van der Waals surface area contributed by atoms with Crippen LogP contribution in [0.25, 0.3) is 0 Å². The number of carbonyl (C=O) groups is 1. The van der Waals surface area contributed by atoms with Gasteiger partial charge in [-0.1, -0.05) is 0 Å². The van der Waals surface area contributed by atoms with Gasteiger partial charge in [-0.25, -0.2) is 4.39 Å². The number of rotatable bonds is 2. The molecule has 1 amide bonds. The van der Waals surface area contributed by atoms with Crippen LogP contribution in [0.4, 0.5) is 4.39 Å². The van der Waals surface area contributed by atoms with Crippen LogP contribution in [-0.4, -0.2) is 17.1 Å². The van der Waals surface area contributed by atoms with Gasteiger partial charge in [0.1, 0.15) is 11.6 Å². The first-order valence-electron chi connectivity index (χ1n) is 4.88. The number of benzene rings is 1. The third-order valence-electron chi connectivity index (χ3n) is 2.44. The number of nitrogens with one attached hydrogen (secondary N) is 1. The first-order chi connectivity index (χ1) is 7.08. The maximum atomic E-state index is 13.4. The number of phenolic OH excluding ortho intramolecular Hbond substituents is 1. The van der Waals surface area contributed by atoms with Crippen molar-refractivity contribution in [3.05, 3.63) is 29.1 Å². The van der Waals surface area contributed by atoms with Crippen LogP contribution in [-0.2, 0) is 0 Å². The molecule has 1 aliphatic rings. The molecular weight excluding hydrogens is 197 g/mol. The molecular formula is C11H12FNO2. The molecule has 1 saturated carbocycles. The lowest BCUT2D eigenvalue weighted by Gasteiger charge is -2.06. The van der Waals surface area contributed by atoms with E-state index in [0.717, 1.165) is 18.9 Å². The largest absolute Gasteiger partial charge is 0.508 e. The van der Waals surface area contributed by atoms with Gasteiger partial charge in [0, 0.05) is 6.04 Å². The summed E-state index contributed by atoms with van der Waals surface area (Å²) in [6, 6.07) is 2.51. The Morgan fingerprint density at radius 2 is 2.20 bits per heavy atom. The van der Waals surface area contributed by atoms with Crippen LogP contribution in [0, 0.1) is 12.7 Å². The predicted octanol–water partition coefficient (Wildman–Crippen LogP) is 1.73. The lowest BCUT2D eigenvalue weighted by Crippen LogP contribution is -2.26. The molecule has 1 aliphatic carbocycles. The number of aryl methyl sites for hydroxylation is 1. The van der Waals surface area contributed by atoms with Gasteiger partial charge >= 0.3 is 0 Å². The Balaban J connectivity index is 2.25. The first kappa shape index (κ1) is 9.96. The topological polar surface area (TPSA) is 49.3 Å². The molecule has 1 aromatic carbocycles. The van der Waals surface area contributed by atoms with Crippen molar-refractivity contribution in [1.29, 1.82) is 0 Å². The molecule has 0 heterocycles. The SMILES string of the molecule is Cc1cc(F)c(C(=O)NC2CC2)cc1O. The average Bonchev–Trinajstić information content (AvgIpc) is 2.95. The van der Waals surface area contributed by atoms with Crippen LogP contribution in [0.5, 0.6) is 5.75 Å². The third kappa shape index (κ3) is 2.09. The number of amides is 1. The Morgan fingerprint density at radius 1 is 1.53 bits per heavy atom. The lowest BCUT2D eigenvalue weighted by atomic mass is 10.1. The zero-order valence-corrected chi connectivity index (χ0v) is 8.38. The van der Waals surface area contributed by atoms with Crippen molar-refractivity contribution in [2.45, 2.75) is 25.8 Å². The number of halogens is 1. The summed E-state index contributed by atoms with van der Waals surface area (Å²) < 4.78 is 13.4. The first-order valence-corrected chi connectivity index (χ1v) is 4.88. The summed E-state index contributed by atoms with van der Waals surface area (Å²) in [4.78, 5) is 11.5. The number of hydrogen-bond acceptors (Lipinski definition) is 2. The number of hydrogen-bond donors (Lipinski definition) is 2. The summed E-state index contributed by atoms with van der Waals surface area (Å²) in [5.74, 6) is -1.11. The highest BCUT2D eigenvalue weighted by Crippen LogP contribution is 2.23. The number of aromatic hydroxyl groups is 1. The molecule has 2 N–H and O–H groups in total. The molecule has 80 valence electrons. The van der Waals surface area contributed by atoms with Crippen molar-refractivity contribution in [1.82, 2.24) is 5.32 Å². The highest BCUT2D eigenvalue weighted by Gasteiger charge is 2.25. The summed E-state index contributed by atoms with van der Waals surface area (Å²) in [6.07, 6.45) is 1.90. The Bertz CT molecular complexity index is 413. The van der Waals surface area contributed by atoms with Gasteiger partial charge in [0.05, 0.1) is 5.56 Å². The van der Waals surface area contributed by atoms with Gasteiger partial charge in [0.25, 0.3) is 5.91 Å². The van der Waals surface area contributed by atoms with Crippen LogP contribution < -0.4 is 5.32 Å². The van der Waals surface area contributed by atoms with Crippen LogP contribution in [0.15, 0.2) is 12.1 Å². The second-order valence-electron chi connectivity index (χ2n) is 3.87. The van der Waals surface area contributed by atoms with E-state index in [1.165, 1.54) is 6.07 Å². The molecule has 0 unspecified atom stereocenters. The lowest BCUT2D eigenvalue weighted by molar-refractivity contribution is 0.0946. The fourth-order valence-corrected chi connectivity index (χ4v) is 1.33. The van der Waals surface area contributed by atoms with Gasteiger partial charge in [0.2, 0.25) is 0 Å². The maximum Gasteiger partial charge on any atom is 0.254 e. The van der Waals surface area contributed by atoms with E-state index in [1.54, 1.807) is 6.92 Å². The van der Waals surface area contributed by atoms with Gasteiger partial charge in [-0.3, -0.25) is 4.79 Å². The van der Waals surface area contributed by atoms with Crippen LogP contribution in [0.2, 0.25) is 0 Å². The molecule has 2 rings (SSSR count). The average molecular weight is 209 g/mol. The number of phenols is 1. The van der Waals surface area contributed by atoms with E-state index in [1.807, 2.05) is 0 Å². The van der Waals surface area contributed by atoms with Gasteiger partial charge in [0.15, 0.2) is 0 Å². The molecule has 1 aromatic rings.